The molecule has 0 bridgehead atoms. The molecule has 3 amide bonds. The van der Waals surface area contributed by atoms with Crippen molar-refractivity contribution in [1.29, 1.82) is 0 Å². The number of rotatable bonds is 6. The molecule has 31 heavy (non-hydrogen) atoms. The SMILES string of the molecule is COc1ccc(/C=C2\SC(=O)N(CC(=O)Nc3c(Cl)ccc(C)c3Cl)C2=O)cc1OC. The van der Waals surface area contributed by atoms with Crippen molar-refractivity contribution >= 4 is 63.8 Å². The standard InChI is InChI=1S/C21H18Cl2N2O5S/c1-11-4-6-13(22)19(18(11)23)24-17(26)10-25-20(27)16(31-21(25)28)9-12-5-7-14(29-2)15(8-12)30-3/h4-9H,10H2,1-3H3,(H,24,26)/b16-9-. The molecule has 0 unspecified atom stereocenters. The van der Waals surface area contributed by atoms with E-state index in [1.807, 2.05) is 0 Å². The molecule has 2 aromatic carbocycles. The molecule has 0 spiro atoms. The molecule has 162 valence electrons. The Hall–Kier alpha value is -2.68. The fourth-order valence-corrected chi connectivity index (χ4v) is 4.13. The first-order chi connectivity index (χ1) is 14.7. The molecule has 1 aliphatic heterocycles. The Morgan fingerprint density at radius 3 is 2.52 bits per heavy atom. The number of nitrogens with one attached hydrogen (secondary N) is 1. The zero-order chi connectivity index (χ0) is 22.7. The predicted molar refractivity (Wildman–Crippen MR) is 122 cm³/mol. The summed E-state index contributed by atoms with van der Waals surface area (Å²) in [4.78, 5) is 38.6. The smallest absolute Gasteiger partial charge is 0.294 e. The topological polar surface area (TPSA) is 84.9 Å². The van der Waals surface area contributed by atoms with E-state index in [-0.39, 0.29) is 15.6 Å². The number of imide groups is 1. The molecule has 1 aliphatic rings. The second-order valence-electron chi connectivity index (χ2n) is 6.48. The molecule has 0 radical (unpaired) electrons. The third kappa shape index (κ3) is 4.98. The van der Waals surface area contributed by atoms with Gasteiger partial charge in [0.1, 0.15) is 6.54 Å². The Bertz CT molecular complexity index is 1100. The van der Waals surface area contributed by atoms with E-state index in [0.29, 0.717) is 22.1 Å². The Morgan fingerprint density at radius 2 is 1.84 bits per heavy atom. The fourth-order valence-electron chi connectivity index (χ4n) is 2.82. The van der Waals surface area contributed by atoms with Crippen molar-refractivity contribution < 1.29 is 23.9 Å². The van der Waals surface area contributed by atoms with Crippen molar-refractivity contribution in [3.8, 4) is 11.5 Å². The van der Waals surface area contributed by atoms with E-state index in [2.05, 4.69) is 5.32 Å². The first-order valence-electron chi connectivity index (χ1n) is 8.97. The Labute approximate surface area is 193 Å². The zero-order valence-electron chi connectivity index (χ0n) is 16.8. The van der Waals surface area contributed by atoms with Crippen molar-refractivity contribution in [3.63, 3.8) is 0 Å². The summed E-state index contributed by atoms with van der Waals surface area (Å²) >= 11 is 13.0. The monoisotopic (exact) mass is 480 g/mol. The number of hydrogen-bond acceptors (Lipinski definition) is 6. The molecule has 0 aromatic heterocycles. The summed E-state index contributed by atoms with van der Waals surface area (Å²) in [5, 5.41) is 2.57. The highest BCUT2D eigenvalue weighted by molar-refractivity contribution is 8.18. The van der Waals surface area contributed by atoms with E-state index in [9.17, 15) is 14.4 Å². The van der Waals surface area contributed by atoms with Crippen LogP contribution in [0.25, 0.3) is 6.08 Å². The molecule has 1 N–H and O–H groups in total. The lowest BCUT2D eigenvalue weighted by atomic mass is 10.2. The van der Waals surface area contributed by atoms with Crippen molar-refractivity contribution in [2.45, 2.75) is 6.92 Å². The fraction of sp³-hybridized carbons (Fsp3) is 0.190. The largest absolute Gasteiger partial charge is 0.493 e. The van der Waals surface area contributed by atoms with Crippen LogP contribution in [-0.4, -0.2) is 42.7 Å². The lowest BCUT2D eigenvalue weighted by Gasteiger charge is -2.14. The maximum absolute atomic E-state index is 12.7. The number of carbonyl (C=O) groups is 3. The first-order valence-corrected chi connectivity index (χ1v) is 10.5. The molecule has 1 heterocycles. The summed E-state index contributed by atoms with van der Waals surface area (Å²) in [5.41, 5.74) is 1.61. The van der Waals surface area contributed by atoms with E-state index in [4.69, 9.17) is 32.7 Å². The van der Waals surface area contributed by atoms with Crippen LogP contribution in [0.15, 0.2) is 35.2 Å². The number of aryl methyl sites for hydroxylation is 1. The highest BCUT2D eigenvalue weighted by Gasteiger charge is 2.36. The van der Waals surface area contributed by atoms with E-state index < -0.39 is 23.6 Å². The number of amides is 3. The Balaban J connectivity index is 1.76. The van der Waals surface area contributed by atoms with Crippen LogP contribution in [0.2, 0.25) is 10.0 Å². The molecule has 2 aromatic rings. The first kappa shape index (κ1) is 23.0. The van der Waals surface area contributed by atoms with Gasteiger partial charge in [-0.1, -0.05) is 35.3 Å². The summed E-state index contributed by atoms with van der Waals surface area (Å²) in [6.07, 6.45) is 1.55. The molecule has 0 saturated carbocycles. The molecule has 3 rings (SSSR count). The quantitative estimate of drug-likeness (QED) is 0.585. The van der Waals surface area contributed by atoms with Gasteiger partial charge >= 0.3 is 0 Å². The molecule has 1 fully saturated rings. The summed E-state index contributed by atoms with van der Waals surface area (Å²) in [5.74, 6) is -0.134. The van der Waals surface area contributed by atoms with Gasteiger partial charge < -0.3 is 14.8 Å². The Kier molecular flexibility index (Phi) is 7.15. The third-order valence-electron chi connectivity index (χ3n) is 4.43. The third-order valence-corrected chi connectivity index (χ3v) is 6.14. The molecule has 7 nitrogen and oxygen atoms in total. The van der Waals surface area contributed by atoms with Crippen molar-refractivity contribution in [2.24, 2.45) is 0 Å². The van der Waals surface area contributed by atoms with Crippen LogP contribution in [0, 0.1) is 6.92 Å². The normalized spacial score (nSPS) is 14.9. The van der Waals surface area contributed by atoms with E-state index >= 15 is 0 Å². The van der Waals surface area contributed by atoms with Gasteiger partial charge in [-0.2, -0.15) is 0 Å². The van der Waals surface area contributed by atoms with Crippen molar-refractivity contribution in [1.82, 2.24) is 4.90 Å². The maximum atomic E-state index is 12.7. The minimum absolute atomic E-state index is 0.191. The van der Waals surface area contributed by atoms with Crippen LogP contribution in [0.4, 0.5) is 10.5 Å². The molecule has 0 atom stereocenters. The van der Waals surface area contributed by atoms with Gasteiger partial charge in [0, 0.05) is 0 Å². The van der Waals surface area contributed by atoms with Crippen LogP contribution in [-0.2, 0) is 9.59 Å². The highest BCUT2D eigenvalue weighted by atomic mass is 35.5. The predicted octanol–water partition coefficient (Wildman–Crippen LogP) is 4.99. The van der Waals surface area contributed by atoms with Gasteiger partial charge in [-0.15, -0.1) is 0 Å². The van der Waals surface area contributed by atoms with Gasteiger partial charge in [0.2, 0.25) is 5.91 Å². The number of hydrogen-bond donors (Lipinski definition) is 1. The van der Waals surface area contributed by atoms with E-state index in [0.717, 1.165) is 22.2 Å². The number of ether oxygens (including phenoxy) is 2. The molecular formula is C21H18Cl2N2O5S. The minimum Gasteiger partial charge on any atom is -0.493 e. The average molecular weight is 481 g/mol. The van der Waals surface area contributed by atoms with Crippen LogP contribution < -0.4 is 14.8 Å². The van der Waals surface area contributed by atoms with Gasteiger partial charge in [0.05, 0.1) is 34.9 Å². The number of benzene rings is 2. The van der Waals surface area contributed by atoms with Gasteiger partial charge in [0.25, 0.3) is 11.1 Å². The molecule has 0 aliphatic carbocycles. The van der Waals surface area contributed by atoms with Gasteiger partial charge in [-0.3, -0.25) is 19.3 Å². The lowest BCUT2D eigenvalue weighted by molar-refractivity contribution is -0.127. The van der Waals surface area contributed by atoms with Gasteiger partial charge in [0.15, 0.2) is 11.5 Å². The number of carbonyl (C=O) groups excluding carboxylic acids is 3. The van der Waals surface area contributed by atoms with Crippen LogP contribution in [0.3, 0.4) is 0 Å². The van der Waals surface area contributed by atoms with Crippen molar-refractivity contribution in [2.75, 3.05) is 26.1 Å². The lowest BCUT2D eigenvalue weighted by Crippen LogP contribution is -2.36. The van der Waals surface area contributed by atoms with Gasteiger partial charge in [-0.25, -0.2) is 0 Å². The summed E-state index contributed by atoms with van der Waals surface area (Å²) < 4.78 is 10.4. The second-order valence-corrected chi connectivity index (χ2v) is 8.26. The maximum Gasteiger partial charge on any atom is 0.294 e. The number of methoxy groups -OCH3 is 2. The zero-order valence-corrected chi connectivity index (χ0v) is 19.2. The van der Waals surface area contributed by atoms with Crippen LogP contribution in [0.1, 0.15) is 11.1 Å². The van der Waals surface area contributed by atoms with Crippen LogP contribution in [0.5, 0.6) is 11.5 Å². The number of halogens is 2. The Morgan fingerprint density at radius 1 is 1.13 bits per heavy atom. The number of nitrogens with zero attached hydrogens (tertiary/aromatic N) is 1. The van der Waals surface area contributed by atoms with Gasteiger partial charge in [-0.05, 0) is 54.1 Å². The molecule has 1 saturated heterocycles. The highest BCUT2D eigenvalue weighted by Crippen LogP contribution is 2.35. The summed E-state index contributed by atoms with van der Waals surface area (Å²) in [6.45, 7) is 1.30. The molecular weight excluding hydrogens is 463 g/mol. The number of anilines is 1. The average Bonchev–Trinajstić information content (AvgIpc) is 3.01. The summed E-state index contributed by atoms with van der Waals surface area (Å²) in [7, 11) is 3.02. The van der Waals surface area contributed by atoms with Crippen molar-refractivity contribution in [3.05, 3.63) is 56.4 Å². The molecule has 10 heteroatoms. The van der Waals surface area contributed by atoms with Crippen LogP contribution >= 0.6 is 35.0 Å². The second kappa shape index (κ2) is 9.64. The van der Waals surface area contributed by atoms with E-state index in [1.165, 1.54) is 14.2 Å². The minimum atomic E-state index is -0.593. The van der Waals surface area contributed by atoms with E-state index in [1.54, 1.807) is 43.3 Å². The number of thioether (sulfide) groups is 1. The summed E-state index contributed by atoms with van der Waals surface area (Å²) in [6, 6.07) is 8.42.